The third kappa shape index (κ3) is 1.79. The van der Waals surface area contributed by atoms with Gasteiger partial charge in [-0.3, -0.25) is 0 Å². The number of aromatic amines is 1. The Bertz CT molecular complexity index is 453. The zero-order chi connectivity index (χ0) is 9.97. The first-order valence-electron chi connectivity index (χ1n) is 5.13. The highest BCUT2D eigenvalue weighted by Crippen LogP contribution is 1.99. The fraction of sp³-hybridized carbons (Fsp3) is 0.417. The van der Waals surface area contributed by atoms with Gasteiger partial charge in [0.15, 0.2) is 0 Å². The Labute approximate surface area is 83.3 Å². The molecule has 0 bridgehead atoms. The van der Waals surface area contributed by atoms with Crippen molar-refractivity contribution in [2.45, 2.75) is 32.6 Å². The Kier molecular flexibility index (Phi) is 2.53. The second kappa shape index (κ2) is 3.82. The number of aromatic nitrogens is 1. The number of hydrogen-bond acceptors (Lipinski definition) is 1. The van der Waals surface area contributed by atoms with Gasteiger partial charge in [-0.15, -0.1) is 0 Å². The van der Waals surface area contributed by atoms with Crippen LogP contribution in [0.25, 0.3) is 12.2 Å². The van der Waals surface area contributed by atoms with E-state index in [0.717, 1.165) is 19.3 Å². The van der Waals surface area contributed by atoms with Crippen LogP contribution in [-0.4, -0.2) is 10.8 Å². The molecule has 0 aromatic carbocycles. The third-order valence-electron chi connectivity index (χ3n) is 2.65. The standard InChI is InChI=1S/C12H15NO/c1-9(14)6-7-10-8-13-12-5-3-2-4-11(10)12/h4-5,8,13H,2-3,6-7H2,1H3. The number of rotatable bonds is 3. The molecule has 2 nitrogen and oxygen atoms in total. The number of nitrogens with one attached hydrogen (secondary N) is 1. The Morgan fingerprint density at radius 3 is 3.00 bits per heavy atom. The molecule has 2 heteroatoms. The maximum atomic E-state index is 10.9. The highest BCUT2D eigenvalue weighted by Gasteiger charge is 2.03. The summed E-state index contributed by atoms with van der Waals surface area (Å²) in [6, 6.07) is 0. The lowest BCUT2D eigenvalue weighted by Crippen LogP contribution is -2.27. The van der Waals surface area contributed by atoms with E-state index >= 15 is 0 Å². The minimum Gasteiger partial charge on any atom is -0.361 e. The molecule has 0 unspecified atom stereocenters. The molecule has 0 fully saturated rings. The number of hydrogen-bond donors (Lipinski definition) is 1. The van der Waals surface area contributed by atoms with E-state index in [1.165, 1.54) is 16.1 Å². The van der Waals surface area contributed by atoms with Crippen molar-refractivity contribution in [3.63, 3.8) is 0 Å². The first-order chi connectivity index (χ1) is 6.77. The molecule has 0 saturated heterocycles. The average Bonchev–Trinajstić information content (AvgIpc) is 2.58. The molecule has 1 aromatic heterocycles. The van der Waals surface area contributed by atoms with Crippen LogP contribution in [0.15, 0.2) is 6.20 Å². The molecule has 0 amide bonds. The third-order valence-corrected chi connectivity index (χ3v) is 2.65. The molecule has 0 spiro atoms. The lowest BCUT2D eigenvalue weighted by molar-refractivity contribution is -0.116. The summed E-state index contributed by atoms with van der Waals surface area (Å²) in [5.74, 6) is 0.264. The molecule has 1 aliphatic rings. The van der Waals surface area contributed by atoms with Crippen molar-refractivity contribution in [1.29, 1.82) is 0 Å². The van der Waals surface area contributed by atoms with Crippen molar-refractivity contribution in [2.24, 2.45) is 0 Å². The molecule has 0 radical (unpaired) electrons. The van der Waals surface area contributed by atoms with Crippen molar-refractivity contribution >= 4 is 17.9 Å². The first kappa shape index (κ1) is 9.25. The molecule has 0 saturated carbocycles. The molecule has 1 heterocycles. The molecule has 14 heavy (non-hydrogen) atoms. The van der Waals surface area contributed by atoms with Gasteiger partial charge < -0.3 is 9.78 Å². The van der Waals surface area contributed by atoms with Crippen LogP contribution in [0.5, 0.6) is 0 Å². The predicted molar refractivity (Wildman–Crippen MR) is 57.2 cm³/mol. The average molecular weight is 189 g/mol. The summed E-state index contributed by atoms with van der Waals surface area (Å²) >= 11 is 0. The summed E-state index contributed by atoms with van der Waals surface area (Å²) in [6.45, 7) is 1.65. The van der Waals surface area contributed by atoms with Crippen molar-refractivity contribution < 1.29 is 4.79 Å². The maximum absolute atomic E-state index is 10.9. The van der Waals surface area contributed by atoms with Gasteiger partial charge in [-0.25, -0.2) is 0 Å². The monoisotopic (exact) mass is 189 g/mol. The highest BCUT2D eigenvalue weighted by molar-refractivity contribution is 5.75. The van der Waals surface area contributed by atoms with Gasteiger partial charge >= 0.3 is 0 Å². The highest BCUT2D eigenvalue weighted by atomic mass is 16.1. The molecular formula is C12H15NO. The number of Topliss-reactive ketones (excluding diaryl/α,β-unsaturated/α-hetero) is 1. The quantitative estimate of drug-likeness (QED) is 0.752. The van der Waals surface area contributed by atoms with E-state index in [1.54, 1.807) is 6.92 Å². The first-order valence-corrected chi connectivity index (χ1v) is 5.13. The van der Waals surface area contributed by atoms with Crippen LogP contribution < -0.4 is 10.6 Å². The summed E-state index contributed by atoms with van der Waals surface area (Å²) in [7, 11) is 0. The topological polar surface area (TPSA) is 32.9 Å². The van der Waals surface area contributed by atoms with Gasteiger partial charge in [-0.05, 0) is 37.0 Å². The van der Waals surface area contributed by atoms with Gasteiger partial charge in [0.05, 0.1) is 0 Å². The number of fused-ring (bicyclic) bond motifs is 1. The SMILES string of the molecule is CC(=O)CCc1c[nH]c2c1=CCCC=2. The normalized spacial score (nSPS) is 14.1. The largest absolute Gasteiger partial charge is 0.361 e. The Morgan fingerprint density at radius 2 is 2.21 bits per heavy atom. The number of carbonyl (C=O) groups excluding carboxylic acids is 1. The number of aryl methyl sites for hydroxylation is 1. The lowest BCUT2D eigenvalue weighted by atomic mass is 10.1. The number of H-pyrrole nitrogens is 1. The van der Waals surface area contributed by atoms with E-state index in [9.17, 15) is 4.79 Å². The summed E-state index contributed by atoms with van der Waals surface area (Å²) < 4.78 is 0. The molecule has 0 aliphatic heterocycles. The summed E-state index contributed by atoms with van der Waals surface area (Å²) in [4.78, 5) is 14.1. The van der Waals surface area contributed by atoms with Gasteiger partial charge in [-0.2, -0.15) is 0 Å². The second-order valence-corrected chi connectivity index (χ2v) is 3.83. The van der Waals surface area contributed by atoms with E-state index in [0.29, 0.717) is 6.42 Å². The van der Waals surface area contributed by atoms with Crippen LogP contribution in [0, 0.1) is 0 Å². The van der Waals surface area contributed by atoms with E-state index in [-0.39, 0.29) is 5.78 Å². The number of carbonyl (C=O) groups is 1. The zero-order valence-corrected chi connectivity index (χ0v) is 8.47. The fourth-order valence-electron chi connectivity index (χ4n) is 1.88. The summed E-state index contributed by atoms with van der Waals surface area (Å²) in [5, 5.41) is 2.55. The van der Waals surface area contributed by atoms with Crippen molar-refractivity contribution in [2.75, 3.05) is 0 Å². The second-order valence-electron chi connectivity index (χ2n) is 3.83. The van der Waals surface area contributed by atoms with Crippen molar-refractivity contribution in [3.05, 3.63) is 22.3 Å². The molecule has 0 atom stereocenters. The summed E-state index contributed by atoms with van der Waals surface area (Å²) in [6.07, 6.45) is 10.3. The predicted octanol–water partition coefficient (Wildman–Crippen LogP) is 0.891. The lowest BCUT2D eigenvalue weighted by Gasteiger charge is -1.97. The molecule has 1 aliphatic carbocycles. The minimum absolute atomic E-state index is 0.264. The van der Waals surface area contributed by atoms with Crippen LogP contribution in [0.1, 0.15) is 31.7 Å². The molecule has 2 rings (SSSR count). The molecule has 1 N–H and O–H groups in total. The summed E-state index contributed by atoms with van der Waals surface area (Å²) in [5.41, 5.74) is 1.28. The van der Waals surface area contributed by atoms with Gasteiger partial charge in [0, 0.05) is 18.0 Å². The van der Waals surface area contributed by atoms with Crippen LogP contribution in [-0.2, 0) is 11.2 Å². The fourth-order valence-corrected chi connectivity index (χ4v) is 1.88. The number of ketones is 1. The van der Waals surface area contributed by atoms with Crippen molar-refractivity contribution in [1.82, 2.24) is 4.98 Å². The Morgan fingerprint density at radius 1 is 1.43 bits per heavy atom. The Hall–Kier alpha value is -1.31. The van der Waals surface area contributed by atoms with Crippen LogP contribution in [0.3, 0.4) is 0 Å². The molecule has 74 valence electrons. The van der Waals surface area contributed by atoms with Gasteiger partial charge in [-0.1, -0.05) is 12.2 Å². The van der Waals surface area contributed by atoms with E-state index in [1.807, 2.05) is 6.20 Å². The molecular weight excluding hydrogens is 174 g/mol. The van der Waals surface area contributed by atoms with Gasteiger partial charge in [0.25, 0.3) is 0 Å². The van der Waals surface area contributed by atoms with Crippen LogP contribution >= 0.6 is 0 Å². The van der Waals surface area contributed by atoms with Crippen molar-refractivity contribution in [3.8, 4) is 0 Å². The Balaban J connectivity index is 2.28. The van der Waals surface area contributed by atoms with Crippen LogP contribution in [0.2, 0.25) is 0 Å². The smallest absolute Gasteiger partial charge is 0.130 e. The zero-order valence-electron chi connectivity index (χ0n) is 8.47. The van der Waals surface area contributed by atoms with E-state index < -0.39 is 0 Å². The molecule has 1 aromatic rings. The van der Waals surface area contributed by atoms with Crippen LogP contribution in [0.4, 0.5) is 0 Å². The minimum atomic E-state index is 0.264. The van der Waals surface area contributed by atoms with Gasteiger partial charge in [0.2, 0.25) is 0 Å². The van der Waals surface area contributed by atoms with E-state index in [2.05, 4.69) is 17.1 Å². The van der Waals surface area contributed by atoms with Gasteiger partial charge in [0.1, 0.15) is 5.78 Å². The van der Waals surface area contributed by atoms with E-state index in [4.69, 9.17) is 0 Å². The maximum Gasteiger partial charge on any atom is 0.130 e.